The van der Waals surface area contributed by atoms with Crippen LogP contribution < -0.4 is 9.62 Å². The first-order valence-electron chi connectivity index (χ1n) is 11.3. The van der Waals surface area contributed by atoms with Crippen molar-refractivity contribution in [3.8, 4) is 11.3 Å². The number of para-hydroxylation sites is 1. The fourth-order valence-electron chi connectivity index (χ4n) is 3.98. The average Bonchev–Trinajstić information content (AvgIpc) is 3.26. The van der Waals surface area contributed by atoms with Crippen LogP contribution in [0.3, 0.4) is 0 Å². The van der Waals surface area contributed by atoms with E-state index >= 15 is 0 Å². The third kappa shape index (κ3) is 4.34. The van der Waals surface area contributed by atoms with Crippen LogP contribution in [0.2, 0.25) is 0 Å². The number of sulfonamides is 1. The number of carbonyl (C=O) groups excluding carboxylic acids is 1. The molecule has 0 spiro atoms. The van der Waals surface area contributed by atoms with Gasteiger partial charge >= 0.3 is 0 Å². The van der Waals surface area contributed by atoms with Gasteiger partial charge in [0.05, 0.1) is 10.6 Å². The Hall–Kier alpha value is -4.43. The van der Waals surface area contributed by atoms with Gasteiger partial charge in [0.25, 0.3) is 15.9 Å². The first-order chi connectivity index (χ1) is 17.3. The van der Waals surface area contributed by atoms with Crippen molar-refractivity contribution in [1.29, 1.82) is 0 Å². The lowest BCUT2D eigenvalue weighted by Gasteiger charge is -2.19. The van der Waals surface area contributed by atoms with Crippen molar-refractivity contribution in [3.63, 3.8) is 0 Å². The minimum absolute atomic E-state index is 0.0266. The Morgan fingerprint density at radius 2 is 1.58 bits per heavy atom. The Morgan fingerprint density at radius 1 is 0.889 bits per heavy atom. The van der Waals surface area contributed by atoms with E-state index in [0.29, 0.717) is 22.8 Å². The Morgan fingerprint density at radius 3 is 2.31 bits per heavy atom. The zero-order chi connectivity index (χ0) is 25.3. The van der Waals surface area contributed by atoms with Crippen molar-refractivity contribution in [2.45, 2.75) is 11.8 Å². The molecule has 0 saturated heterocycles. The van der Waals surface area contributed by atoms with Crippen molar-refractivity contribution in [1.82, 2.24) is 9.38 Å². The normalized spacial score (nSPS) is 11.4. The molecule has 0 aliphatic rings. The first-order valence-corrected chi connectivity index (χ1v) is 12.8. The monoisotopic (exact) mass is 496 g/mol. The summed E-state index contributed by atoms with van der Waals surface area (Å²) in [6, 6.07) is 28.3. The summed E-state index contributed by atoms with van der Waals surface area (Å²) >= 11 is 0. The highest BCUT2D eigenvalue weighted by molar-refractivity contribution is 7.92. The Kier molecular flexibility index (Phi) is 6.03. The maximum absolute atomic E-state index is 13.4. The number of hydrogen-bond donors (Lipinski definition) is 1. The van der Waals surface area contributed by atoms with Crippen LogP contribution >= 0.6 is 0 Å². The Labute approximate surface area is 209 Å². The lowest BCUT2D eigenvalue weighted by atomic mass is 10.1. The molecule has 1 N–H and O–H groups in total. The molecule has 2 aromatic heterocycles. The predicted octanol–water partition coefficient (Wildman–Crippen LogP) is 5.39. The third-order valence-corrected chi connectivity index (χ3v) is 7.70. The van der Waals surface area contributed by atoms with Crippen molar-refractivity contribution >= 4 is 33.1 Å². The molecule has 2 heterocycles. The lowest BCUT2D eigenvalue weighted by Crippen LogP contribution is -2.26. The molecule has 0 atom stereocenters. The van der Waals surface area contributed by atoms with E-state index in [1.165, 1.54) is 23.5 Å². The third-order valence-electron chi connectivity index (χ3n) is 5.92. The standard InChI is InChI=1S/C28H24N4O3S/c1-20-16-17-25-29-26(21-10-5-3-6-11-21)27(32(25)19-20)30-28(33)22-12-9-15-24(18-22)36(34,35)31(2)23-13-7-4-8-14-23/h3-19H,1-2H3,(H,30,33). The van der Waals surface area contributed by atoms with E-state index in [0.717, 1.165) is 11.1 Å². The second-order valence-corrected chi connectivity index (χ2v) is 10.4. The highest BCUT2D eigenvalue weighted by Gasteiger charge is 2.23. The van der Waals surface area contributed by atoms with Gasteiger partial charge in [-0.2, -0.15) is 0 Å². The highest BCUT2D eigenvalue weighted by Crippen LogP contribution is 2.30. The van der Waals surface area contributed by atoms with Gasteiger partial charge in [0.1, 0.15) is 17.2 Å². The van der Waals surface area contributed by atoms with E-state index in [9.17, 15) is 13.2 Å². The number of anilines is 2. The number of rotatable bonds is 6. The molecule has 0 bridgehead atoms. The van der Waals surface area contributed by atoms with Gasteiger partial charge < -0.3 is 5.32 Å². The van der Waals surface area contributed by atoms with Crippen LogP contribution in [-0.2, 0) is 10.0 Å². The molecule has 5 rings (SSSR count). The number of aryl methyl sites for hydroxylation is 1. The zero-order valence-corrected chi connectivity index (χ0v) is 20.6. The number of aromatic nitrogens is 2. The molecule has 0 aliphatic heterocycles. The van der Waals surface area contributed by atoms with Gasteiger partial charge in [-0.25, -0.2) is 13.4 Å². The van der Waals surface area contributed by atoms with Crippen LogP contribution in [0.4, 0.5) is 11.5 Å². The number of benzene rings is 3. The van der Waals surface area contributed by atoms with E-state index in [4.69, 9.17) is 4.98 Å². The minimum Gasteiger partial charge on any atom is -0.306 e. The molecule has 3 aromatic carbocycles. The summed E-state index contributed by atoms with van der Waals surface area (Å²) in [7, 11) is -2.38. The summed E-state index contributed by atoms with van der Waals surface area (Å²) in [4.78, 5) is 18.1. The second-order valence-electron chi connectivity index (χ2n) is 8.40. The Balaban J connectivity index is 1.52. The number of hydrogen-bond acceptors (Lipinski definition) is 4. The van der Waals surface area contributed by atoms with E-state index in [2.05, 4.69) is 5.32 Å². The second kappa shape index (κ2) is 9.31. The van der Waals surface area contributed by atoms with Gasteiger partial charge in [-0.1, -0.05) is 60.7 Å². The van der Waals surface area contributed by atoms with Crippen LogP contribution in [0, 0.1) is 6.92 Å². The predicted molar refractivity (Wildman–Crippen MR) is 142 cm³/mol. The SMILES string of the molecule is Cc1ccc2nc(-c3ccccc3)c(NC(=O)c3cccc(S(=O)(=O)N(C)c4ccccc4)c3)n2c1. The fraction of sp³-hybridized carbons (Fsp3) is 0.0714. The fourth-order valence-corrected chi connectivity index (χ4v) is 5.22. The van der Waals surface area contributed by atoms with Gasteiger partial charge in [-0.15, -0.1) is 0 Å². The molecule has 0 saturated carbocycles. The molecule has 8 heteroatoms. The lowest BCUT2D eigenvalue weighted by molar-refractivity contribution is 0.102. The van der Waals surface area contributed by atoms with E-state index < -0.39 is 15.9 Å². The molecule has 0 radical (unpaired) electrons. The van der Waals surface area contributed by atoms with Crippen molar-refractivity contribution in [2.24, 2.45) is 0 Å². The van der Waals surface area contributed by atoms with Gasteiger partial charge in [0.15, 0.2) is 0 Å². The van der Waals surface area contributed by atoms with E-state index in [-0.39, 0.29) is 10.5 Å². The van der Waals surface area contributed by atoms with Gasteiger partial charge in [-0.05, 0) is 48.9 Å². The summed E-state index contributed by atoms with van der Waals surface area (Å²) in [5.74, 6) is 0.0782. The molecular weight excluding hydrogens is 472 g/mol. The quantitative estimate of drug-likeness (QED) is 0.342. The van der Waals surface area contributed by atoms with Crippen LogP contribution in [0.1, 0.15) is 15.9 Å². The van der Waals surface area contributed by atoms with Crippen molar-refractivity contribution < 1.29 is 13.2 Å². The molecular formula is C28H24N4O3S. The topological polar surface area (TPSA) is 83.8 Å². The Bertz CT molecular complexity index is 1660. The minimum atomic E-state index is -3.87. The highest BCUT2D eigenvalue weighted by atomic mass is 32.2. The summed E-state index contributed by atoms with van der Waals surface area (Å²) in [5, 5.41) is 2.97. The van der Waals surface area contributed by atoms with Gasteiger partial charge in [-0.3, -0.25) is 13.5 Å². The van der Waals surface area contributed by atoms with Crippen molar-refractivity contribution in [3.05, 3.63) is 114 Å². The summed E-state index contributed by atoms with van der Waals surface area (Å²) < 4.78 is 29.5. The average molecular weight is 497 g/mol. The smallest absolute Gasteiger partial charge is 0.264 e. The molecule has 0 unspecified atom stereocenters. The van der Waals surface area contributed by atoms with Crippen LogP contribution in [-0.4, -0.2) is 30.8 Å². The maximum Gasteiger partial charge on any atom is 0.264 e. The van der Waals surface area contributed by atoms with Crippen LogP contribution in [0.5, 0.6) is 0 Å². The number of imidazole rings is 1. The molecule has 7 nitrogen and oxygen atoms in total. The molecule has 0 fully saturated rings. The summed E-state index contributed by atoms with van der Waals surface area (Å²) in [6.07, 6.45) is 1.90. The number of amides is 1. The van der Waals surface area contributed by atoms with Crippen LogP contribution in [0.25, 0.3) is 16.9 Å². The summed E-state index contributed by atoms with van der Waals surface area (Å²) in [5.41, 5.74) is 3.93. The summed E-state index contributed by atoms with van der Waals surface area (Å²) in [6.45, 7) is 1.96. The maximum atomic E-state index is 13.4. The first kappa shape index (κ1) is 23.3. The molecule has 0 aliphatic carbocycles. The van der Waals surface area contributed by atoms with Gasteiger partial charge in [0, 0.05) is 24.4 Å². The van der Waals surface area contributed by atoms with Gasteiger partial charge in [0.2, 0.25) is 0 Å². The molecule has 180 valence electrons. The molecule has 5 aromatic rings. The number of carbonyl (C=O) groups is 1. The van der Waals surface area contributed by atoms with E-state index in [1.54, 1.807) is 36.4 Å². The van der Waals surface area contributed by atoms with E-state index in [1.807, 2.05) is 66.1 Å². The number of nitrogens with zero attached hydrogens (tertiary/aromatic N) is 3. The zero-order valence-electron chi connectivity index (χ0n) is 19.8. The number of fused-ring (bicyclic) bond motifs is 1. The number of nitrogens with one attached hydrogen (secondary N) is 1. The molecule has 36 heavy (non-hydrogen) atoms. The van der Waals surface area contributed by atoms with Crippen molar-refractivity contribution in [2.75, 3.05) is 16.7 Å². The largest absolute Gasteiger partial charge is 0.306 e. The molecule has 1 amide bonds. The number of pyridine rings is 1. The van der Waals surface area contributed by atoms with Crippen LogP contribution in [0.15, 0.2) is 108 Å².